The molecule has 0 saturated heterocycles. The van der Waals surface area contributed by atoms with Gasteiger partial charge in [-0.2, -0.15) is 5.10 Å². The molecule has 0 amide bonds. The van der Waals surface area contributed by atoms with Gasteiger partial charge in [0.15, 0.2) is 0 Å². The van der Waals surface area contributed by atoms with Crippen molar-refractivity contribution in [2.45, 2.75) is 20.4 Å². The Morgan fingerprint density at radius 3 is 2.81 bits per heavy atom. The fourth-order valence-electron chi connectivity index (χ4n) is 1.48. The molecular formula is C12H24N4. The van der Waals surface area contributed by atoms with Crippen LogP contribution < -0.4 is 5.32 Å². The predicted octanol–water partition coefficient (Wildman–Crippen LogP) is 1.06. The highest BCUT2D eigenvalue weighted by Crippen LogP contribution is 1.89. The van der Waals surface area contributed by atoms with Crippen molar-refractivity contribution in [3.8, 4) is 0 Å². The molecule has 0 bridgehead atoms. The number of nitrogens with zero attached hydrogens (tertiary/aromatic N) is 3. The summed E-state index contributed by atoms with van der Waals surface area (Å²) in [6.07, 6.45) is 3.83. The van der Waals surface area contributed by atoms with Gasteiger partial charge in [-0.25, -0.2) is 0 Å². The lowest BCUT2D eigenvalue weighted by molar-refractivity contribution is 0.308. The highest BCUT2D eigenvalue weighted by molar-refractivity contribution is 4.77. The summed E-state index contributed by atoms with van der Waals surface area (Å²) in [6.45, 7) is 9.73. The summed E-state index contributed by atoms with van der Waals surface area (Å²) < 4.78 is 1.97. The second-order valence-corrected chi connectivity index (χ2v) is 4.67. The fourth-order valence-corrected chi connectivity index (χ4v) is 1.48. The van der Waals surface area contributed by atoms with Gasteiger partial charge in [0.1, 0.15) is 0 Å². The van der Waals surface area contributed by atoms with E-state index < -0.39 is 0 Å². The maximum absolute atomic E-state index is 4.18. The number of likely N-dealkylation sites (N-methyl/N-ethyl adjacent to an activating group) is 1. The minimum Gasteiger partial charge on any atom is -0.315 e. The quantitative estimate of drug-likeness (QED) is 0.670. The molecule has 1 rings (SSSR count). The number of nitrogens with one attached hydrogen (secondary N) is 1. The molecule has 1 heterocycles. The number of aromatic nitrogens is 2. The number of hydrogen-bond donors (Lipinski definition) is 1. The fraction of sp³-hybridized carbons (Fsp3) is 0.750. The first kappa shape index (κ1) is 13.2. The SMILES string of the molecule is CC(C)CNCCN(C)CCn1cccn1. The van der Waals surface area contributed by atoms with E-state index >= 15 is 0 Å². The lowest BCUT2D eigenvalue weighted by atomic mass is 10.2. The van der Waals surface area contributed by atoms with E-state index in [1.165, 1.54) is 0 Å². The topological polar surface area (TPSA) is 33.1 Å². The lowest BCUT2D eigenvalue weighted by Crippen LogP contribution is -2.32. The molecule has 0 saturated carbocycles. The van der Waals surface area contributed by atoms with Crippen LogP contribution in [0.3, 0.4) is 0 Å². The first-order valence-electron chi connectivity index (χ1n) is 6.05. The van der Waals surface area contributed by atoms with Crippen molar-refractivity contribution in [3.05, 3.63) is 18.5 Å². The van der Waals surface area contributed by atoms with E-state index in [2.05, 4.69) is 36.2 Å². The molecule has 0 spiro atoms. The molecule has 16 heavy (non-hydrogen) atoms. The Bertz CT molecular complexity index is 256. The molecular weight excluding hydrogens is 200 g/mol. The largest absolute Gasteiger partial charge is 0.315 e. The Hall–Kier alpha value is -0.870. The monoisotopic (exact) mass is 224 g/mol. The highest BCUT2D eigenvalue weighted by atomic mass is 15.3. The summed E-state index contributed by atoms with van der Waals surface area (Å²) in [5, 5.41) is 7.63. The maximum Gasteiger partial charge on any atom is 0.0536 e. The van der Waals surface area contributed by atoms with Crippen molar-refractivity contribution < 1.29 is 0 Å². The van der Waals surface area contributed by atoms with E-state index in [1.54, 1.807) is 0 Å². The van der Waals surface area contributed by atoms with E-state index in [0.29, 0.717) is 0 Å². The van der Waals surface area contributed by atoms with E-state index in [0.717, 1.165) is 38.6 Å². The molecule has 1 aromatic heterocycles. The summed E-state index contributed by atoms with van der Waals surface area (Å²) >= 11 is 0. The van der Waals surface area contributed by atoms with Gasteiger partial charge in [0.05, 0.1) is 6.54 Å². The van der Waals surface area contributed by atoms with E-state index in [1.807, 2.05) is 23.1 Å². The molecule has 0 unspecified atom stereocenters. The molecule has 1 N–H and O–H groups in total. The van der Waals surface area contributed by atoms with Gasteiger partial charge in [0, 0.05) is 32.0 Å². The minimum atomic E-state index is 0.731. The van der Waals surface area contributed by atoms with Crippen LogP contribution in [-0.4, -0.2) is 47.9 Å². The predicted molar refractivity (Wildman–Crippen MR) is 67.4 cm³/mol. The first-order valence-corrected chi connectivity index (χ1v) is 6.05. The average Bonchev–Trinajstić information content (AvgIpc) is 2.74. The molecule has 0 aliphatic heterocycles. The lowest BCUT2D eigenvalue weighted by Gasteiger charge is -2.17. The second-order valence-electron chi connectivity index (χ2n) is 4.67. The number of rotatable bonds is 8. The Kier molecular flexibility index (Phi) is 6.11. The molecule has 92 valence electrons. The minimum absolute atomic E-state index is 0.731. The molecule has 4 heteroatoms. The van der Waals surface area contributed by atoms with Gasteiger partial charge in [-0.15, -0.1) is 0 Å². The van der Waals surface area contributed by atoms with Gasteiger partial charge >= 0.3 is 0 Å². The molecule has 0 radical (unpaired) electrons. The Morgan fingerprint density at radius 2 is 2.19 bits per heavy atom. The van der Waals surface area contributed by atoms with E-state index in [-0.39, 0.29) is 0 Å². The van der Waals surface area contributed by atoms with Crippen LogP contribution in [0.5, 0.6) is 0 Å². The van der Waals surface area contributed by atoms with Crippen LogP contribution in [-0.2, 0) is 6.54 Å². The third-order valence-electron chi connectivity index (χ3n) is 2.49. The molecule has 0 aromatic carbocycles. The standard InChI is InChI=1S/C12H24N4/c1-12(2)11-13-6-8-15(3)9-10-16-7-4-5-14-16/h4-5,7,12-13H,6,8-11H2,1-3H3. The van der Waals surface area contributed by atoms with Gasteiger partial charge in [-0.1, -0.05) is 13.8 Å². The van der Waals surface area contributed by atoms with Gasteiger partial charge in [-0.3, -0.25) is 4.68 Å². The van der Waals surface area contributed by atoms with E-state index in [9.17, 15) is 0 Å². The summed E-state index contributed by atoms with van der Waals surface area (Å²) in [5.74, 6) is 0.731. The van der Waals surface area contributed by atoms with Crippen molar-refractivity contribution in [1.29, 1.82) is 0 Å². The highest BCUT2D eigenvalue weighted by Gasteiger charge is 1.99. The van der Waals surface area contributed by atoms with Crippen molar-refractivity contribution >= 4 is 0 Å². The van der Waals surface area contributed by atoms with Crippen molar-refractivity contribution in [2.75, 3.05) is 33.2 Å². The van der Waals surface area contributed by atoms with Crippen LogP contribution in [0, 0.1) is 5.92 Å². The first-order chi connectivity index (χ1) is 7.68. The second kappa shape index (κ2) is 7.41. The van der Waals surface area contributed by atoms with Crippen LogP contribution in [0.2, 0.25) is 0 Å². The van der Waals surface area contributed by atoms with Crippen molar-refractivity contribution in [3.63, 3.8) is 0 Å². The zero-order valence-electron chi connectivity index (χ0n) is 10.7. The van der Waals surface area contributed by atoms with Gasteiger partial charge in [0.2, 0.25) is 0 Å². The van der Waals surface area contributed by atoms with Crippen molar-refractivity contribution in [2.24, 2.45) is 5.92 Å². The zero-order valence-corrected chi connectivity index (χ0v) is 10.7. The van der Waals surface area contributed by atoms with Crippen molar-refractivity contribution in [1.82, 2.24) is 20.0 Å². The Morgan fingerprint density at radius 1 is 1.38 bits per heavy atom. The van der Waals surface area contributed by atoms with Crippen LogP contribution in [0.25, 0.3) is 0 Å². The zero-order chi connectivity index (χ0) is 11.8. The van der Waals surface area contributed by atoms with Crippen LogP contribution in [0.4, 0.5) is 0 Å². The van der Waals surface area contributed by atoms with Crippen LogP contribution in [0.15, 0.2) is 18.5 Å². The van der Waals surface area contributed by atoms with Gasteiger partial charge < -0.3 is 10.2 Å². The smallest absolute Gasteiger partial charge is 0.0536 e. The third kappa shape index (κ3) is 5.88. The Labute approximate surface area is 98.6 Å². The normalized spacial score (nSPS) is 11.6. The van der Waals surface area contributed by atoms with Crippen LogP contribution in [0.1, 0.15) is 13.8 Å². The Balaban J connectivity index is 2.00. The summed E-state index contributed by atoms with van der Waals surface area (Å²) in [6, 6.07) is 1.96. The average molecular weight is 224 g/mol. The molecule has 1 aromatic rings. The molecule has 0 aliphatic carbocycles. The van der Waals surface area contributed by atoms with Gasteiger partial charge in [0.25, 0.3) is 0 Å². The van der Waals surface area contributed by atoms with E-state index in [4.69, 9.17) is 0 Å². The molecule has 0 fully saturated rings. The summed E-state index contributed by atoms with van der Waals surface area (Å²) in [7, 11) is 2.15. The molecule has 4 nitrogen and oxygen atoms in total. The summed E-state index contributed by atoms with van der Waals surface area (Å²) in [5.41, 5.74) is 0. The maximum atomic E-state index is 4.18. The summed E-state index contributed by atoms with van der Waals surface area (Å²) in [4.78, 5) is 2.33. The molecule has 0 aliphatic rings. The number of hydrogen-bond acceptors (Lipinski definition) is 3. The third-order valence-corrected chi connectivity index (χ3v) is 2.49. The van der Waals surface area contributed by atoms with Gasteiger partial charge in [-0.05, 0) is 25.6 Å². The van der Waals surface area contributed by atoms with Crippen LogP contribution >= 0.6 is 0 Å². The molecule has 0 atom stereocenters.